The van der Waals surface area contributed by atoms with Gasteiger partial charge in [0, 0.05) is 30.0 Å². The molecule has 12 nitrogen and oxygen atoms in total. The highest BCUT2D eigenvalue weighted by Crippen LogP contribution is 2.46. The number of benzene rings is 1. The number of ether oxygens (including phenoxy) is 2. The zero-order valence-corrected chi connectivity index (χ0v) is 27.6. The molecule has 4 N–H and O–H groups in total. The summed E-state index contributed by atoms with van der Waals surface area (Å²) in [4.78, 5) is 47.3. The van der Waals surface area contributed by atoms with Crippen LogP contribution in [0.1, 0.15) is 58.8 Å². The number of hydrogen-bond acceptors (Lipinski definition) is 9. The fourth-order valence-electron chi connectivity index (χ4n) is 6.93. The van der Waals surface area contributed by atoms with Gasteiger partial charge < -0.3 is 25.4 Å². The van der Waals surface area contributed by atoms with Crippen LogP contribution in [-0.2, 0) is 24.4 Å². The van der Waals surface area contributed by atoms with Gasteiger partial charge in [-0.2, -0.15) is 0 Å². The molecule has 14 heteroatoms. The van der Waals surface area contributed by atoms with Crippen LogP contribution in [0.3, 0.4) is 0 Å². The fourth-order valence-corrected chi connectivity index (χ4v) is 8.29. The highest BCUT2D eigenvalue weighted by atomic mass is 32.2. The lowest BCUT2D eigenvalue weighted by Crippen LogP contribution is -2.58. The van der Waals surface area contributed by atoms with E-state index >= 15 is 0 Å². The summed E-state index contributed by atoms with van der Waals surface area (Å²) in [7, 11) is -2.43. The molecular formula is C33H42FN5O7S. The number of methoxy groups -OCH3 is 1. The molecule has 47 heavy (non-hydrogen) atoms. The number of nitrogens with two attached hydrogens (primary N) is 1. The number of carbonyl (C=O) groups excluding carboxylic acids is 3. The SMILES string of the molecule is COc1cc(F)cc2c(O[C@@H]3C[C@H]4C(=O)N[C@]5(C(=O)NS(=O)(=O)C6CC6)C[C@H]5/C=C\CC[C@H](C)C[C@@H](C)[C@H](N)C(=O)N4C3)nccc12. The van der Waals surface area contributed by atoms with Gasteiger partial charge in [-0.1, -0.05) is 26.0 Å². The lowest BCUT2D eigenvalue weighted by molar-refractivity contribution is -0.141. The Labute approximate surface area is 273 Å². The van der Waals surface area contributed by atoms with Gasteiger partial charge in [-0.25, -0.2) is 17.8 Å². The molecule has 2 aliphatic heterocycles. The van der Waals surface area contributed by atoms with Crippen LogP contribution in [0.15, 0.2) is 36.5 Å². The first-order valence-electron chi connectivity index (χ1n) is 16.2. The van der Waals surface area contributed by atoms with Crippen LogP contribution in [0.4, 0.5) is 4.39 Å². The second-order valence-corrected chi connectivity index (χ2v) is 15.6. The highest BCUT2D eigenvalue weighted by molar-refractivity contribution is 7.91. The number of carbonyl (C=O) groups is 3. The van der Waals surface area contributed by atoms with Gasteiger partial charge in [-0.3, -0.25) is 19.1 Å². The van der Waals surface area contributed by atoms with Crippen LogP contribution in [0.25, 0.3) is 10.8 Å². The number of sulfonamides is 1. The summed E-state index contributed by atoms with van der Waals surface area (Å²) in [6.45, 7) is 4.01. The Morgan fingerprint density at radius 3 is 2.66 bits per heavy atom. The average Bonchev–Trinajstić information content (AvgIpc) is 3.95. The summed E-state index contributed by atoms with van der Waals surface area (Å²) < 4.78 is 53.7. The van der Waals surface area contributed by atoms with Crippen molar-refractivity contribution < 1.29 is 36.7 Å². The number of fused-ring (bicyclic) bond motifs is 3. The molecular weight excluding hydrogens is 629 g/mol. The maximum absolute atomic E-state index is 14.5. The molecule has 3 fully saturated rings. The van der Waals surface area contributed by atoms with Gasteiger partial charge in [-0.05, 0) is 62.5 Å². The number of nitrogens with zero attached hydrogens (tertiary/aromatic N) is 2. The summed E-state index contributed by atoms with van der Waals surface area (Å²) in [6, 6.07) is 2.25. The van der Waals surface area contributed by atoms with Crippen molar-refractivity contribution in [3.05, 3.63) is 42.4 Å². The minimum atomic E-state index is -3.87. The van der Waals surface area contributed by atoms with Crippen molar-refractivity contribution in [3.63, 3.8) is 0 Å². The monoisotopic (exact) mass is 671 g/mol. The Balaban J connectivity index is 1.31. The minimum Gasteiger partial charge on any atom is -0.496 e. The molecule has 1 aromatic carbocycles. The summed E-state index contributed by atoms with van der Waals surface area (Å²) in [6.07, 6.45) is 8.10. The molecule has 254 valence electrons. The van der Waals surface area contributed by atoms with E-state index in [0.717, 1.165) is 12.8 Å². The zero-order chi connectivity index (χ0) is 33.7. The van der Waals surface area contributed by atoms with Crippen molar-refractivity contribution in [3.8, 4) is 11.6 Å². The van der Waals surface area contributed by atoms with Crippen molar-refractivity contribution in [2.75, 3.05) is 13.7 Å². The minimum absolute atomic E-state index is 0.00397. The topological polar surface area (TPSA) is 170 Å². The van der Waals surface area contributed by atoms with E-state index < -0.39 is 68.5 Å². The van der Waals surface area contributed by atoms with E-state index in [1.807, 2.05) is 19.1 Å². The van der Waals surface area contributed by atoms with Crippen molar-refractivity contribution in [1.29, 1.82) is 0 Å². The molecule has 1 saturated heterocycles. The smallest absolute Gasteiger partial charge is 0.259 e. The van der Waals surface area contributed by atoms with Crippen LogP contribution in [0.2, 0.25) is 0 Å². The highest BCUT2D eigenvalue weighted by Gasteiger charge is 2.62. The molecule has 2 aliphatic carbocycles. The normalized spacial score (nSPS) is 32.3. The van der Waals surface area contributed by atoms with Crippen molar-refractivity contribution in [2.45, 2.75) is 87.8 Å². The van der Waals surface area contributed by atoms with E-state index in [2.05, 4.69) is 21.9 Å². The predicted octanol–water partition coefficient (Wildman–Crippen LogP) is 2.55. The first-order chi connectivity index (χ1) is 22.3. The first kappa shape index (κ1) is 33.1. The fraction of sp³-hybridized carbons (Fsp3) is 0.576. The molecule has 3 heterocycles. The largest absolute Gasteiger partial charge is 0.496 e. The quantitative estimate of drug-likeness (QED) is 0.391. The number of amides is 3. The number of allylic oxidation sites excluding steroid dienone is 1. The number of hydrogen-bond donors (Lipinski definition) is 3. The number of pyridine rings is 1. The van der Waals surface area contributed by atoms with Gasteiger partial charge in [0.1, 0.15) is 29.3 Å². The predicted molar refractivity (Wildman–Crippen MR) is 171 cm³/mol. The summed E-state index contributed by atoms with van der Waals surface area (Å²) in [5.41, 5.74) is 5.05. The zero-order valence-electron chi connectivity index (χ0n) is 26.8. The Kier molecular flexibility index (Phi) is 8.94. The third-order valence-electron chi connectivity index (χ3n) is 9.95. The Hall–Kier alpha value is -3.78. The molecule has 6 rings (SSSR count). The average molecular weight is 672 g/mol. The number of halogens is 1. The molecule has 1 aromatic heterocycles. The maximum atomic E-state index is 14.5. The van der Waals surface area contributed by atoms with Gasteiger partial charge in [0.2, 0.25) is 27.7 Å². The molecule has 0 spiro atoms. The summed E-state index contributed by atoms with van der Waals surface area (Å²) in [5, 5.41) is 3.17. The summed E-state index contributed by atoms with van der Waals surface area (Å²) in [5.74, 6) is -2.28. The van der Waals surface area contributed by atoms with Gasteiger partial charge in [0.05, 0.1) is 30.3 Å². The molecule has 4 aliphatic rings. The maximum Gasteiger partial charge on any atom is 0.259 e. The Morgan fingerprint density at radius 1 is 1.17 bits per heavy atom. The van der Waals surface area contributed by atoms with Gasteiger partial charge >= 0.3 is 0 Å². The Morgan fingerprint density at radius 2 is 1.94 bits per heavy atom. The number of nitrogens with one attached hydrogen (secondary N) is 2. The standard InChI is InChI=1S/C33H42FN5O7S/c1-18-6-4-5-7-20-16-33(20,32(42)38-47(43,44)23-8-9-23)37-29(40)26-15-22(17-39(26)31(41)28(35)19(2)12-18)46-30-25-13-21(34)14-27(45-3)24(25)10-11-36-30/h5,7,10-11,13-14,18-20,22-23,26,28H,4,6,8-9,12,15-17,35H2,1-3H3,(H,37,40)(H,38,42)/b7-5-/t18-,19+,20+,22+,26-,28-,33+/m0/s1. The van der Waals surface area contributed by atoms with Crippen molar-refractivity contribution >= 4 is 38.5 Å². The van der Waals surface area contributed by atoms with Gasteiger partial charge in [0.25, 0.3) is 5.91 Å². The van der Waals surface area contributed by atoms with Gasteiger partial charge in [0.15, 0.2) is 0 Å². The van der Waals surface area contributed by atoms with E-state index in [9.17, 15) is 27.2 Å². The molecule has 0 bridgehead atoms. The van der Waals surface area contributed by atoms with Crippen molar-refractivity contribution in [1.82, 2.24) is 19.9 Å². The van der Waals surface area contributed by atoms with Crippen LogP contribution in [0.5, 0.6) is 11.6 Å². The lowest BCUT2D eigenvalue weighted by Gasteiger charge is -2.30. The number of aromatic nitrogens is 1. The molecule has 2 aromatic rings. The molecule has 7 atom stereocenters. The van der Waals surface area contributed by atoms with Crippen LogP contribution in [0, 0.1) is 23.6 Å². The van der Waals surface area contributed by atoms with Crippen LogP contribution < -0.4 is 25.2 Å². The first-order valence-corrected chi connectivity index (χ1v) is 17.8. The van der Waals surface area contributed by atoms with E-state index in [1.54, 1.807) is 6.07 Å². The van der Waals surface area contributed by atoms with E-state index in [4.69, 9.17) is 15.2 Å². The summed E-state index contributed by atoms with van der Waals surface area (Å²) >= 11 is 0. The number of rotatable bonds is 6. The van der Waals surface area contributed by atoms with Crippen LogP contribution >= 0.6 is 0 Å². The Bertz CT molecular complexity index is 1720. The second-order valence-electron chi connectivity index (χ2n) is 13.6. The van der Waals surface area contributed by atoms with E-state index in [-0.39, 0.29) is 37.1 Å². The van der Waals surface area contributed by atoms with E-state index in [0.29, 0.717) is 35.8 Å². The third-order valence-corrected chi connectivity index (χ3v) is 11.8. The molecule has 0 unspecified atom stereocenters. The van der Waals surface area contributed by atoms with E-state index in [1.165, 1.54) is 30.3 Å². The second kappa shape index (κ2) is 12.7. The third kappa shape index (κ3) is 6.67. The molecule has 3 amide bonds. The lowest BCUT2D eigenvalue weighted by atomic mass is 9.88. The molecule has 0 radical (unpaired) electrons. The molecule has 2 saturated carbocycles. The van der Waals surface area contributed by atoms with Gasteiger partial charge in [-0.15, -0.1) is 0 Å². The van der Waals surface area contributed by atoms with Crippen LogP contribution in [-0.4, -0.2) is 78.7 Å². The van der Waals surface area contributed by atoms with Crippen molar-refractivity contribution in [2.24, 2.45) is 23.5 Å².